The molecule has 5 heteroatoms. The Labute approximate surface area is 107 Å². The third kappa shape index (κ3) is 3.78. The number of rotatable bonds is 6. The largest absolute Gasteiger partial charge is 0.355 e. The van der Waals surface area contributed by atoms with Gasteiger partial charge in [0.1, 0.15) is 0 Å². The zero-order valence-electron chi connectivity index (χ0n) is 10.4. The third-order valence-electron chi connectivity index (χ3n) is 2.40. The molecule has 0 aliphatic carbocycles. The lowest BCUT2D eigenvalue weighted by atomic mass is 10.3. The van der Waals surface area contributed by atoms with Gasteiger partial charge in [-0.3, -0.25) is 4.98 Å². The van der Waals surface area contributed by atoms with Crippen LogP contribution in [-0.2, 0) is 13.1 Å². The highest BCUT2D eigenvalue weighted by atomic mass is 15.1. The number of hydrogen-bond donors (Lipinski definition) is 2. The lowest BCUT2D eigenvalue weighted by Gasteiger charge is -2.05. The number of aromatic nitrogens is 3. The summed E-state index contributed by atoms with van der Waals surface area (Å²) in [6, 6.07) is 5.90. The number of nitrogens with zero attached hydrogens (tertiary/aromatic N) is 3. The highest BCUT2D eigenvalue weighted by Crippen LogP contribution is 2.00. The quantitative estimate of drug-likeness (QED) is 0.806. The van der Waals surface area contributed by atoms with Gasteiger partial charge in [-0.1, -0.05) is 6.07 Å². The summed E-state index contributed by atoms with van der Waals surface area (Å²) < 4.78 is 0. The minimum Gasteiger partial charge on any atom is -0.355 e. The summed E-state index contributed by atoms with van der Waals surface area (Å²) in [7, 11) is 0. The Kier molecular flexibility index (Phi) is 4.60. The van der Waals surface area contributed by atoms with E-state index >= 15 is 0 Å². The van der Waals surface area contributed by atoms with E-state index in [1.165, 1.54) is 0 Å². The van der Waals surface area contributed by atoms with Crippen molar-refractivity contribution in [2.45, 2.75) is 20.0 Å². The minimum atomic E-state index is 0.672. The standard InChI is InChI=1S/C13H17N5/c1-2-15-13-17-8-11(9-18-13)7-14-10-12-5-3-4-6-16-12/h3-6,8-9,14H,2,7,10H2,1H3,(H,15,17,18). The van der Waals surface area contributed by atoms with Gasteiger partial charge in [0.15, 0.2) is 0 Å². The summed E-state index contributed by atoms with van der Waals surface area (Å²) in [5.41, 5.74) is 2.09. The Morgan fingerprint density at radius 1 is 1.06 bits per heavy atom. The Hall–Kier alpha value is -2.01. The molecule has 2 aromatic rings. The van der Waals surface area contributed by atoms with Crippen LogP contribution < -0.4 is 10.6 Å². The van der Waals surface area contributed by atoms with Gasteiger partial charge in [0.2, 0.25) is 5.95 Å². The Morgan fingerprint density at radius 3 is 2.56 bits per heavy atom. The van der Waals surface area contributed by atoms with Gasteiger partial charge < -0.3 is 10.6 Å². The van der Waals surface area contributed by atoms with Crippen LogP contribution in [0.3, 0.4) is 0 Å². The maximum Gasteiger partial charge on any atom is 0.222 e. The van der Waals surface area contributed by atoms with E-state index in [0.29, 0.717) is 5.95 Å². The fourth-order valence-electron chi connectivity index (χ4n) is 1.53. The van der Waals surface area contributed by atoms with E-state index in [1.807, 2.05) is 37.5 Å². The molecule has 0 aliphatic rings. The van der Waals surface area contributed by atoms with Crippen molar-refractivity contribution in [2.24, 2.45) is 0 Å². The van der Waals surface area contributed by atoms with Gasteiger partial charge in [0, 0.05) is 43.8 Å². The van der Waals surface area contributed by atoms with Crippen LogP contribution in [0.2, 0.25) is 0 Å². The molecule has 5 nitrogen and oxygen atoms in total. The van der Waals surface area contributed by atoms with E-state index in [2.05, 4.69) is 25.6 Å². The zero-order chi connectivity index (χ0) is 12.6. The van der Waals surface area contributed by atoms with Gasteiger partial charge >= 0.3 is 0 Å². The van der Waals surface area contributed by atoms with Crippen molar-refractivity contribution in [2.75, 3.05) is 11.9 Å². The summed E-state index contributed by atoms with van der Waals surface area (Å²) in [5.74, 6) is 0.672. The summed E-state index contributed by atoms with van der Waals surface area (Å²) in [4.78, 5) is 12.7. The van der Waals surface area contributed by atoms with E-state index < -0.39 is 0 Å². The van der Waals surface area contributed by atoms with Crippen LogP contribution >= 0.6 is 0 Å². The summed E-state index contributed by atoms with van der Waals surface area (Å²) in [6.45, 7) is 4.34. The normalized spacial score (nSPS) is 10.3. The van der Waals surface area contributed by atoms with Gasteiger partial charge in [-0.2, -0.15) is 0 Å². The van der Waals surface area contributed by atoms with Crippen LogP contribution in [0.5, 0.6) is 0 Å². The molecule has 0 atom stereocenters. The third-order valence-corrected chi connectivity index (χ3v) is 2.40. The predicted octanol–water partition coefficient (Wildman–Crippen LogP) is 1.59. The number of hydrogen-bond acceptors (Lipinski definition) is 5. The molecule has 0 fully saturated rings. The SMILES string of the molecule is CCNc1ncc(CNCc2ccccn2)cn1. The van der Waals surface area contributed by atoms with Crippen molar-refractivity contribution in [1.82, 2.24) is 20.3 Å². The van der Waals surface area contributed by atoms with Gasteiger partial charge in [-0.05, 0) is 19.1 Å². The van der Waals surface area contributed by atoms with Gasteiger partial charge in [0.25, 0.3) is 0 Å². The molecule has 18 heavy (non-hydrogen) atoms. The number of anilines is 1. The van der Waals surface area contributed by atoms with Gasteiger partial charge in [-0.25, -0.2) is 9.97 Å². The van der Waals surface area contributed by atoms with Crippen LogP contribution in [0.1, 0.15) is 18.2 Å². The van der Waals surface area contributed by atoms with E-state index in [9.17, 15) is 0 Å². The van der Waals surface area contributed by atoms with Crippen molar-refractivity contribution in [1.29, 1.82) is 0 Å². The highest BCUT2D eigenvalue weighted by Gasteiger charge is 1.97. The first-order valence-corrected chi connectivity index (χ1v) is 6.04. The first-order valence-electron chi connectivity index (χ1n) is 6.04. The first-order chi connectivity index (χ1) is 8.88. The van der Waals surface area contributed by atoms with E-state index in [0.717, 1.165) is 30.9 Å². The number of pyridine rings is 1. The molecule has 2 N–H and O–H groups in total. The van der Waals surface area contributed by atoms with Crippen LogP contribution in [0.25, 0.3) is 0 Å². The maximum atomic E-state index is 4.24. The molecule has 0 unspecified atom stereocenters. The fraction of sp³-hybridized carbons (Fsp3) is 0.308. The molecule has 0 radical (unpaired) electrons. The van der Waals surface area contributed by atoms with Gasteiger partial charge in [-0.15, -0.1) is 0 Å². The van der Waals surface area contributed by atoms with Crippen LogP contribution in [-0.4, -0.2) is 21.5 Å². The Morgan fingerprint density at radius 2 is 1.89 bits per heavy atom. The topological polar surface area (TPSA) is 62.7 Å². The van der Waals surface area contributed by atoms with E-state index in [1.54, 1.807) is 6.20 Å². The number of nitrogens with one attached hydrogen (secondary N) is 2. The first kappa shape index (κ1) is 12.4. The van der Waals surface area contributed by atoms with E-state index in [-0.39, 0.29) is 0 Å². The molecule has 0 aliphatic heterocycles. The van der Waals surface area contributed by atoms with Gasteiger partial charge in [0.05, 0.1) is 5.69 Å². The molecular weight excluding hydrogens is 226 g/mol. The minimum absolute atomic E-state index is 0.672. The molecule has 94 valence electrons. The van der Waals surface area contributed by atoms with Crippen molar-refractivity contribution >= 4 is 5.95 Å². The molecule has 2 heterocycles. The van der Waals surface area contributed by atoms with Crippen molar-refractivity contribution in [3.8, 4) is 0 Å². The Balaban J connectivity index is 1.80. The molecular formula is C13H17N5. The second-order valence-electron chi connectivity index (χ2n) is 3.87. The molecule has 2 aromatic heterocycles. The van der Waals surface area contributed by atoms with Crippen LogP contribution in [0, 0.1) is 0 Å². The average Bonchev–Trinajstić information content (AvgIpc) is 2.42. The molecule has 0 amide bonds. The summed E-state index contributed by atoms with van der Waals surface area (Å²) in [5, 5.41) is 6.37. The fourth-order valence-corrected chi connectivity index (χ4v) is 1.53. The zero-order valence-corrected chi connectivity index (χ0v) is 10.4. The second-order valence-corrected chi connectivity index (χ2v) is 3.87. The molecule has 0 bridgehead atoms. The molecule has 0 saturated carbocycles. The summed E-state index contributed by atoms with van der Waals surface area (Å²) in [6.07, 6.45) is 5.46. The van der Waals surface area contributed by atoms with Crippen molar-refractivity contribution in [3.63, 3.8) is 0 Å². The monoisotopic (exact) mass is 243 g/mol. The molecule has 0 saturated heterocycles. The second kappa shape index (κ2) is 6.66. The highest BCUT2D eigenvalue weighted by molar-refractivity contribution is 5.24. The van der Waals surface area contributed by atoms with Crippen LogP contribution in [0.15, 0.2) is 36.8 Å². The maximum absolute atomic E-state index is 4.24. The lowest BCUT2D eigenvalue weighted by molar-refractivity contribution is 0.676. The molecule has 0 spiro atoms. The van der Waals surface area contributed by atoms with Crippen molar-refractivity contribution < 1.29 is 0 Å². The average molecular weight is 243 g/mol. The van der Waals surface area contributed by atoms with Crippen LogP contribution in [0.4, 0.5) is 5.95 Å². The smallest absolute Gasteiger partial charge is 0.222 e. The Bertz CT molecular complexity index is 455. The van der Waals surface area contributed by atoms with Crippen molar-refractivity contribution in [3.05, 3.63) is 48.0 Å². The molecule has 2 rings (SSSR count). The molecule has 0 aromatic carbocycles. The lowest BCUT2D eigenvalue weighted by Crippen LogP contribution is -2.14. The van der Waals surface area contributed by atoms with E-state index in [4.69, 9.17) is 0 Å². The summed E-state index contributed by atoms with van der Waals surface area (Å²) >= 11 is 0. The predicted molar refractivity (Wildman–Crippen MR) is 71.0 cm³/mol.